The summed E-state index contributed by atoms with van der Waals surface area (Å²) in [7, 11) is 0. The van der Waals surface area contributed by atoms with E-state index in [0.717, 1.165) is 0 Å². The zero-order valence-corrected chi connectivity index (χ0v) is 6.84. The van der Waals surface area contributed by atoms with Crippen molar-refractivity contribution in [3.05, 3.63) is 35.6 Å². The van der Waals surface area contributed by atoms with Crippen LogP contribution >= 0.6 is 0 Å². The molecule has 0 aliphatic rings. The summed E-state index contributed by atoms with van der Waals surface area (Å²) in [6, 6.07) is 6.17. The van der Waals surface area contributed by atoms with E-state index in [1.165, 1.54) is 6.07 Å². The third-order valence-corrected chi connectivity index (χ3v) is 1.31. The van der Waals surface area contributed by atoms with Crippen LogP contribution in [0.1, 0.15) is 12.5 Å². The van der Waals surface area contributed by atoms with E-state index >= 15 is 0 Å². The van der Waals surface area contributed by atoms with E-state index in [2.05, 4.69) is 11.8 Å². The van der Waals surface area contributed by atoms with E-state index < -0.39 is 0 Å². The Morgan fingerprint density at radius 3 is 2.67 bits per heavy atom. The first-order valence-electron chi connectivity index (χ1n) is 3.72. The summed E-state index contributed by atoms with van der Waals surface area (Å²) in [5, 5.41) is 0. The molecular formula is C10H10FN. The molecule has 1 aromatic carbocycles. The lowest BCUT2D eigenvalue weighted by Crippen LogP contribution is -2.10. The number of benzene rings is 1. The van der Waals surface area contributed by atoms with Crippen molar-refractivity contribution in [1.29, 1.82) is 0 Å². The summed E-state index contributed by atoms with van der Waals surface area (Å²) in [4.78, 5) is 0. The summed E-state index contributed by atoms with van der Waals surface area (Å²) in [6.45, 7) is 1.76. The fourth-order valence-electron chi connectivity index (χ4n) is 0.754. The molecule has 62 valence electrons. The second-order valence-corrected chi connectivity index (χ2v) is 2.54. The zero-order chi connectivity index (χ0) is 8.97. The first kappa shape index (κ1) is 8.76. The minimum atomic E-state index is -0.300. The van der Waals surface area contributed by atoms with E-state index in [1.54, 1.807) is 25.1 Å². The summed E-state index contributed by atoms with van der Waals surface area (Å²) < 4.78 is 12.9. The number of rotatable bonds is 0. The minimum Gasteiger partial charge on any atom is -0.318 e. The highest BCUT2D eigenvalue weighted by Crippen LogP contribution is 2.03. The molecule has 1 aromatic rings. The molecule has 0 bridgehead atoms. The molecule has 1 rings (SSSR count). The zero-order valence-electron chi connectivity index (χ0n) is 6.84. The molecule has 0 aliphatic carbocycles. The summed E-state index contributed by atoms with van der Waals surface area (Å²) in [5.41, 5.74) is 5.79. The predicted molar refractivity (Wildman–Crippen MR) is 46.9 cm³/mol. The van der Waals surface area contributed by atoms with Crippen molar-refractivity contribution < 1.29 is 4.39 Å². The van der Waals surface area contributed by atoms with Crippen LogP contribution in [0.25, 0.3) is 0 Å². The maximum Gasteiger partial charge on any atom is 0.138 e. The van der Waals surface area contributed by atoms with Gasteiger partial charge < -0.3 is 5.73 Å². The molecular weight excluding hydrogens is 153 g/mol. The fourth-order valence-corrected chi connectivity index (χ4v) is 0.754. The van der Waals surface area contributed by atoms with E-state index in [-0.39, 0.29) is 11.9 Å². The molecule has 0 aliphatic heterocycles. The Bertz CT molecular complexity index is 320. The van der Waals surface area contributed by atoms with Crippen molar-refractivity contribution in [1.82, 2.24) is 0 Å². The van der Waals surface area contributed by atoms with Crippen LogP contribution in [0.15, 0.2) is 24.3 Å². The Morgan fingerprint density at radius 1 is 1.42 bits per heavy atom. The molecule has 2 N–H and O–H groups in total. The maximum absolute atomic E-state index is 12.9. The molecule has 0 fully saturated rings. The van der Waals surface area contributed by atoms with Gasteiger partial charge in [0.2, 0.25) is 0 Å². The molecule has 0 heterocycles. The van der Waals surface area contributed by atoms with Crippen molar-refractivity contribution in [2.24, 2.45) is 5.73 Å². The molecule has 0 amide bonds. The van der Waals surface area contributed by atoms with Gasteiger partial charge in [-0.1, -0.05) is 24.0 Å². The Morgan fingerprint density at radius 2 is 2.08 bits per heavy atom. The Hall–Kier alpha value is -1.33. The van der Waals surface area contributed by atoms with Gasteiger partial charge in [0, 0.05) is 0 Å². The van der Waals surface area contributed by atoms with Crippen molar-refractivity contribution in [3.8, 4) is 11.8 Å². The quantitative estimate of drug-likeness (QED) is 0.576. The minimum absolute atomic E-state index is 0.218. The number of hydrogen-bond acceptors (Lipinski definition) is 1. The number of hydrogen-bond donors (Lipinski definition) is 1. The van der Waals surface area contributed by atoms with Crippen LogP contribution < -0.4 is 5.73 Å². The summed E-state index contributed by atoms with van der Waals surface area (Å²) >= 11 is 0. The van der Waals surface area contributed by atoms with Gasteiger partial charge in [-0.3, -0.25) is 0 Å². The third-order valence-electron chi connectivity index (χ3n) is 1.31. The molecule has 12 heavy (non-hydrogen) atoms. The van der Waals surface area contributed by atoms with Gasteiger partial charge >= 0.3 is 0 Å². The average Bonchev–Trinajstić information content (AvgIpc) is 2.03. The van der Waals surface area contributed by atoms with Gasteiger partial charge in [0.25, 0.3) is 0 Å². The van der Waals surface area contributed by atoms with Gasteiger partial charge in [0.05, 0.1) is 11.6 Å². The van der Waals surface area contributed by atoms with Crippen molar-refractivity contribution in [2.75, 3.05) is 0 Å². The van der Waals surface area contributed by atoms with Crippen LogP contribution in [0.5, 0.6) is 0 Å². The molecule has 0 aromatic heterocycles. The first-order valence-corrected chi connectivity index (χ1v) is 3.72. The van der Waals surface area contributed by atoms with E-state index in [9.17, 15) is 4.39 Å². The van der Waals surface area contributed by atoms with Gasteiger partial charge in [-0.25, -0.2) is 4.39 Å². The first-order chi connectivity index (χ1) is 5.70. The summed E-state index contributed by atoms with van der Waals surface area (Å²) in [5.74, 6) is 5.05. The lowest BCUT2D eigenvalue weighted by molar-refractivity contribution is 0.624. The average molecular weight is 163 g/mol. The van der Waals surface area contributed by atoms with E-state index in [4.69, 9.17) is 5.73 Å². The van der Waals surface area contributed by atoms with Crippen LogP contribution in [-0.4, -0.2) is 6.04 Å². The van der Waals surface area contributed by atoms with Crippen LogP contribution in [0.2, 0.25) is 0 Å². The molecule has 1 atom stereocenters. The van der Waals surface area contributed by atoms with Gasteiger partial charge in [0.1, 0.15) is 5.82 Å². The van der Waals surface area contributed by atoms with Crippen LogP contribution in [0.4, 0.5) is 4.39 Å². The maximum atomic E-state index is 12.9. The highest BCUT2D eigenvalue weighted by molar-refractivity contribution is 5.35. The summed E-state index contributed by atoms with van der Waals surface area (Å²) in [6.07, 6.45) is 0. The van der Waals surface area contributed by atoms with E-state index in [1.807, 2.05) is 0 Å². The van der Waals surface area contributed by atoms with E-state index in [0.29, 0.717) is 5.56 Å². The van der Waals surface area contributed by atoms with Crippen LogP contribution in [-0.2, 0) is 0 Å². The van der Waals surface area contributed by atoms with Gasteiger partial charge in [-0.2, -0.15) is 0 Å². The number of nitrogens with two attached hydrogens (primary N) is 1. The lowest BCUT2D eigenvalue weighted by Gasteiger charge is -1.92. The SMILES string of the molecule is C[C@@H](N)C#Cc1ccccc1F. The van der Waals surface area contributed by atoms with Crippen molar-refractivity contribution in [3.63, 3.8) is 0 Å². The molecule has 0 radical (unpaired) electrons. The molecule has 1 nitrogen and oxygen atoms in total. The molecule has 0 saturated carbocycles. The van der Waals surface area contributed by atoms with Gasteiger partial charge in [0.15, 0.2) is 0 Å². The van der Waals surface area contributed by atoms with Gasteiger partial charge in [-0.15, -0.1) is 0 Å². The van der Waals surface area contributed by atoms with Crippen molar-refractivity contribution >= 4 is 0 Å². The third kappa shape index (κ3) is 2.37. The largest absolute Gasteiger partial charge is 0.318 e. The highest BCUT2D eigenvalue weighted by Gasteiger charge is 1.94. The Balaban J connectivity index is 2.92. The normalized spacial score (nSPS) is 11.6. The fraction of sp³-hybridized carbons (Fsp3) is 0.200. The molecule has 0 unspecified atom stereocenters. The Kier molecular flexibility index (Phi) is 2.84. The monoisotopic (exact) mass is 163 g/mol. The Labute approximate surface area is 71.4 Å². The van der Waals surface area contributed by atoms with Crippen LogP contribution in [0, 0.1) is 17.7 Å². The molecule has 2 heteroatoms. The van der Waals surface area contributed by atoms with Crippen LogP contribution in [0.3, 0.4) is 0 Å². The number of halogens is 1. The predicted octanol–water partition coefficient (Wildman–Crippen LogP) is 1.52. The van der Waals surface area contributed by atoms with Crippen molar-refractivity contribution in [2.45, 2.75) is 13.0 Å². The second kappa shape index (κ2) is 3.89. The topological polar surface area (TPSA) is 26.0 Å². The lowest BCUT2D eigenvalue weighted by atomic mass is 10.2. The van der Waals surface area contributed by atoms with Gasteiger partial charge in [-0.05, 0) is 19.1 Å². The molecule has 0 saturated heterocycles. The smallest absolute Gasteiger partial charge is 0.138 e. The second-order valence-electron chi connectivity index (χ2n) is 2.54. The standard InChI is InChI=1S/C10H10FN/c1-8(12)6-7-9-4-2-3-5-10(9)11/h2-5,8H,12H2,1H3/t8-/m1/s1. The molecule has 0 spiro atoms. The highest BCUT2D eigenvalue weighted by atomic mass is 19.1.